The van der Waals surface area contributed by atoms with Crippen LogP contribution in [0.1, 0.15) is 12.5 Å². The van der Waals surface area contributed by atoms with Crippen molar-refractivity contribution in [3.8, 4) is 0 Å². The van der Waals surface area contributed by atoms with Gasteiger partial charge in [0.05, 0.1) is 6.61 Å². The van der Waals surface area contributed by atoms with Crippen molar-refractivity contribution in [3.05, 3.63) is 46.6 Å². The van der Waals surface area contributed by atoms with E-state index < -0.39 is 5.97 Å². The van der Waals surface area contributed by atoms with E-state index in [1.54, 1.807) is 13.0 Å². The maximum atomic E-state index is 11.1. The lowest BCUT2D eigenvalue weighted by Crippen LogP contribution is -2.08. The Kier molecular flexibility index (Phi) is 4.86. The molecule has 3 nitrogen and oxygen atoms in total. The van der Waals surface area contributed by atoms with E-state index in [1.165, 1.54) is 6.08 Å². The average molecular weight is 240 g/mol. The fraction of sp³-hybridized carbons (Fsp3) is 0.250. The minimum Gasteiger partial charge on any atom is -0.463 e. The summed E-state index contributed by atoms with van der Waals surface area (Å²) in [6.07, 6.45) is 1.73. The molecule has 0 aliphatic carbocycles. The summed E-state index contributed by atoms with van der Waals surface area (Å²) in [5.74, 6) is -0.424. The van der Waals surface area contributed by atoms with E-state index in [0.29, 0.717) is 23.7 Å². The first-order valence-electron chi connectivity index (χ1n) is 4.99. The third-order valence-corrected chi connectivity index (χ3v) is 2.31. The van der Waals surface area contributed by atoms with Gasteiger partial charge in [0.1, 0.15) is 0 Å². The minimum atomic E-state index is -0.424. The van der Waals surface area contributed by atoms with Gasteiger partial charge in [0.15, 0.2) is 0 Å². The van der Waals surface area contributed by atoms with Crippen molar-refractivity contribution < 1.29 is 9.53 Å². The van der Waals surface area contributed by atoms with Crippen LogP contribution in [0, 0.1) is 0 Å². The van der Waals surface area contributed by atoms with Crippen LogP contribution in [0.4, 0.5) is 0 Å². The van der Waals surface area contributed by atoms with Gasteiger partial charge in [0, 0.05) is 23.2 Å². The SMILES string of the molecule is CCOC(=O)/C=C(\N)Cc1ccccc1Cl. The van der Waals surface area contributed by atoms with Gasteiger partial charge < -0.3 is 10.5 Å². The molecule has 0 aliphatic heterocycles. The molecule has 0 amide bonds. The van der Waals surface area contributed by atoms with E-state index in [1.807, 2.05) is 18.2 Å². The second-order valence-electron chi connectivity index (χ2n) is 3.24. The van der Waals surface area contributed by atoms with Crippen LogP contribution in [0.2, 0.25) is 5.02 Å². The Hall–Kier alpha value is -1.48. The molecule has 1 rings (SSSR count). The molecule has 0 bridgehead atoms. The van der Waals surface area contributed by atoms with Crippen molar-refractivity contribution in [2.24, 2.45) is 5.73 Å². The second-order valence-corrected chi connectivity index (χ2v) is 3.65. The van der Waals surface area contributed by atoms with Gasteiger partial charge in [-0.25, -0.2) is 4.79 Å². The van der Waals surface area contributed by atoms with Crippen molar-refractivity contribution in [2.75, 3.05) is 6.61 Å². The summed E-state index contributed by atoms with van der Waals surface area (Å²) in [5, 5.41) is 0.641. The Bertz CT molecular complexity index is 402. The van der Waals surface area contributed by atoms with Crippen LogP contribution in [-0.4, -0.2) is 12.6 Å². The summed E-state index contributed by atoms with van der Waals surface area (Å²) in [6, 6.07) is 7.37. The normalized spacial score (nSPS) is 11.2. The molecule has 0 spiro atoms. The van der Waals surface area contributed by atoms with Gasteiger partial charge in [0.25, 0.3) is 0 Å². The highest BCUT2D eigenvalue weighted by molar-refractivity contribution is 6.31. The summed E-state index contributed by atoms with van der Waals surface area (Å²) < 4.78 is 4.75. The predicted octanol–water partition coefficient (Wildman–Crippen LogP) is 2.29. The number of nitrogens with two attached hydrogens (primary N) is 1. The van der Waals surface area contributed by atoms with E-state index in [9.17, 15) is 4.79 Å². The molecule has 0 saturated heterocycles. The molecule has 0 atom stereocenters. The lowest BCUT2D eigenvalue weighted by molar-refractivity contribution is -0.137. The Morgan fingerprint density at radius 2 is 2.19 bits per heavy atom. The van der Waals surface area contributed by atoms with Gasteiger partial charge in [-0.3, -0.25) is 0 Å². The van der Waals surface area contributed by atoms with Crippen molar-refractivity contribution >= 4 is 17.6 Å². The maximum absolute atomic E-state index is 11.1. The lowest BCUT2D eigenvalue weighted by Gasteiger charge is -2.04. The zero-order valence-corrected chi connectivity index (χ0v) is 9.83. The van der Waals surface area contributed by atoms with Crippen LogP contribution in [0.5, 0.6) is 0 Å². The fourth-order valence-electron chi connectivity index (χ4n) is 1.25. The Morgan fingerprint density at radius 3 is 2.81 bits per heavy atom. The smallest absolute Gasteiger partial charge is 0.332 e. The monoisotopic (exact) mass is 239 g/mol. The van der Waals surface area contributed by atoms with Crippen molar-refractivity contribution in [1.29, 1.82) is 0 Å². The summed E-state index contributed by atoms with van der Waals surface area (Å²) in [6.45, 7) is 2.09. The third-order valence-electron chi connectivity index (χ3n) is 1.94. The van der Waals surface area contributed by atoms with Gasteiger partial charge in [-0.2, -0.15) is 0 Å². The molecular formula is C12H14ClNO2. The van der Waals surface area contributed by atoms with E-state index in [2.05, 4.69) is 0 Å². The number of esters is 1. The number of carbonyl (C=O) groups excluding carboxylic acids is 1. The lowest BCUT2D eigenvalue weighted by atomic mass is 10.1. The van der Waals surface area contributed by atoms with E-state index in [4.69, 9.17) is 22.1 Å². The molecule has 0 aromatic heterocycles. The Morgan fingerprint density at radius 1 is 1.50 bits per heavy atom. The quantitative estimate of drug-likeness (QED) is 0.648. The van der Waals surface area contributed by atoms with Crippen LogP contribution in [0.15, 0.2) is 36.0 Å². The highest BCUT2D eigenvalue weighted by Gasteiger charge is 2.03. The molecule has 0 heterocycles. The first kappa shape index (κ1) is 12.6. The molecule has 16 heavy (non-hydrogen) atoms. The molecule has 1 aromatic carbocycles. The van der Waals surface area contributed by atoms with E-state index in [0.717, 1.165) is 5.56 Å². The molecule has 0 aliphatic rings. The standard InChI is InChI=1S/C12H14ClNO2/c1-2-16-12(15)8-10(14)7-9-5-3-4-6-11(9)13/h3-6,8H,2,7,14H2,1H3/b10-8-. The number of halogens is 1. The number of hydrogen-bond donors (Lipinski definition) is 1. The van der Waals surface area contributed by atoms with Gasteiger partial charge in [0.2, 0.25) is 0 Å². The molecule has 0 radical (unpaired) electrons. The topological polar surface area (TPSA) is 52.3 Å². The number of allylic oxidation sites excluding steroid dienone is 1. The molecule has 0 fully saturated rings. The highest BCUT2D eigenvalue weighted by Crippen LogP contribution is 2.16. The molecule has 2 N–H and O–H groups in total. The summed E-state index contributed by atoms with van der Waals surface area (Å²) in [5.41, 5.74) is 7.03. The molecule has 1 aromatic rings. The maximum Gasteiger partial charge on any atom is 0.332 e. The zero-order valence-electron chi connectivity index (χ0n) is 9.07. The first-order chi connectivity index (χ1) is 7.63. The zero-order chi connectivity index (χ0) is 12.0. The highest BCUT2D eigenvalue weighted by atomic mass is 35.5. The van der Waals surface area contributed by atoms with Crippen LogP contribution in [-0.2, 0) is 16.0 Å². The van der Waals surface area contributed by atoms with Gasteiger partial charge in [-0.15, -0.1) is 0 Å². The van der Waals surface area contributed by atoms with Crippen LogP contribution in [0.25, 0.3) is 0 Å². The largest absolute Gasteiger partial charge is 0.463 e. The number of ether oxygens (including phenoxy) is 1. The Labute approximate surface area is 99.8 Å². The number of rotatable bonds is 4. The van der Waals surface area contributed by atoms with Gasteiger partial charge in [-0.1, -0.05) is 29.8 Å². The van der Waals surface area contributed by atoms with E-state index >= 15 is 0 Å². The number of carbonyl (C=O) groups is 1. The van der Waals surface area contributed by atoms with Gasteiger partial charge >= 0.3 is 5.97 Å². The Balaban J connectivity index is 2.67. The third kappa shape index (κ3) is 3.95. The fourth-order valence-corrected chi connectivity index (χ4v) is 1.45. The summed E-state index contributed by atoms with van der Waals surface area (Å²) in [4.78, 5) is 11.1. The van der Waals surface area contributed by atoms with Gasteiger partial charge in [-0.05, 0) is 18.6 Å². The first-order valence-corrected chi connectivity index (χ1v) is 5.37. The molecule has 0 saturated carbocycles. The van der Waals surface area contributed by atoms with Crippen LogP contribution >= 0.6 is 11.6 Å². The van der Waals surface area contributed by atoms with E-state index in [-0.39, 0.29) is 0 Å². The summed E-state index contributed by atoms with van der Waals surface area (Å²) >= 11 is 5.97. The number of hydrogen-bond acceptors (Lipinski definition) is 3. The van der Waals surface area contributed by atoms with Crippen LogP contribution in [0.3, 0.4) is 0 Å². The van der Waals surface area contributed by atoms with Crippen molar-refractivity contribution in [1.82, 2.24) is 0 Å². The van der Waals surface area contributed by atoms with Crippen molar-refractivity contribution in [3.63, 3.8) is 0 Å². The molecular weight excluding hydrogens is 226 g/mol. The number of benzene rings is 1. The molecule has 0 unspecified atom stereocenters. The summed E-state index contributed by atoms with van der Waals surface area (Å²) in [7, 11) is 0. The predicted molar refractivity (Wildman–Crippen MR) is 64.1 cm³/mol. The minimum absolute atomic E-state index is 0.342. The van der Waals surface area contributed by atoms with Crippen LogP contribution < -0.4 is 5.73 Å². The van der Waals surface area contributed by atoms with Crippen molar-refractivity contribution in [2.45, 2.75) is 13.3 Å². The second kappa shape index (κ2) is 6.18. The average Bonchev–Trinajstić information content (AvgIpc) is 2.21. The molecule has 4 heteroatoms. The molecule has 86 valence electrons.